The van der Waals surface area contributed by atoms with E-state index in [4.69, 9.17) is 0 Å². The molecule has 1 aromatic heterocycles. The number of carbonyl (C=O) groups excluding carboxylic acids is 1. The topological polar surface area (TPSA) is 98.6 Å². The van der Waals surface area contributed by atoms with Gasteiger partial charge in [0.05, 0.1) is 24.9 Å². The number of aliphatic hydroxyl groups is 2. The van der Waals surface area contributed by atoms with E-state index in [2.05, 4.69) is 15.3 Å². The molecule has 0 bridgehead atoms. The molecular weight excluding hydrogens is 411 g/mol. The molecule has 2 aromatic carbocycles. The van der Waals surface area contributed by atoms with Gasteiger partial charge >= 0.3 is 0 Å². The van der Waals surface area contributed by atoms with Gasteiger partial charge in [0.2, 0.25) is 0 Å². The lowest BCUT2D eigenvalue weighted by Crippen LogP contribution is -2.40. The highest BCUT2D eigenvalue weighted by Gasteiger charge is 2.27. The quantitative estimate of drug-likeness (QED) is 0.526. The van der Waals surface area contributed by atoms with Crippen molar-refractivity contribution < 1.29 is 19.4 Å². The third kappa shape index (κ3) is 4.61. The Kier molecular flexibility index (Phi) is 6.43. The number of amides is 1. The predicted molar refractivity (Wildman–Crippen MR) is 119 cm³/mol. The van der Waals surface area contributed by atoms with Gasteiger partial charge in [0, 0.05) is 30.3 Å². The standard InChI is InChI=1S/C24H25FN4O3/c1-15-7-16(9-17(25)8-15)10-18-11-23(27-14-26-18)29-6-5-20-21(3-2-4-22(20)29)24(32)28-19(12-30)13-31/h2-4,7-9,11,14,19,30-31H,5-6,10,12-13H2,1H3,(H,28,32). The zero-order chi connectivity index (χ0) is 22.7. The number of aryl methyl sites for hydroxylation is 1. The number of fused-ring (bicyclic) bond motifs is 1. The Morgan fingerprint density at radius 2 is 2.00 bits per heavy atom. The molecule has 4 rings (SSSR count). The monoisotopic (exact) mass is 436 g/mol. The maximum absolute atomic E-state index is 13.7. The minimum Gasteiger partial charge on any atom is -0.394 e. The first-order chi connectivity index (χ1) is 15.5. The molecule has 0 saturated carbocycles. The van der Waals surface area contributed by atoms with Crippen molar-refractivity contribution in [2.45, 2.75) is 25.8 Å². The zero-order valence-corrected chi connectivity index (χ0v) is 17.8. The Morgan fingerprint density at radius 3 is 2.75 bits per heavy atom. The van der Waals surface area contributed by atoms with E-state index < -0.39 is 6.04 Å². The molecule has 1 amide bonds. The van der Waals surface area contributed by atoms with E-state index in [1.807, 2.05) is 30.0 Å². The molecule has 1 aliphatic heterocycles. The summed E-state index contributed by atoms with van der Waals surface area (Å²) in [6, 6.07) is 11.6. The molecule has 0 spiro atoms. The summed E-state index contributed by atoms with van der Waals surface area (Å²) in [6.45, 7) is 1.84. The van der Waals surface area contributed by atoms with Gasteiger partial charge < -0.3 is 20.4 Å². The van der Waals surface area contributed by atoms with Gasteiger partial charge in [0.25, 0.3) is 5.91 Å². The molecule has 0 fully saturated rings. The van der Waals surface area contributed by atoms with Crippen LogP contribution in [0, 0.1) is 12.7 Å². The first-order valence-electron chi connectivity index (χ1n) is 10.5. The number of nitrogens with one attached hydrogen (secondary N) is 1. The van der Waals surface area contributed by atoms with E-state index in [0.717, 1.165) is 28.1 Å². The number of rotatable bonds is 7. The van der Waals surface area contributed by atoms with Gasteiger partial charge in [-0.1, -0.05) is 12.1 Å². The van der Waals surface area contributed by atoms with Crippen molar-refractivity contribution in [3.05, 3.63) is 82.6 Å². The van der Waals surface area contributed by atoms with E-state index in [1.165, 1.54) is 18.5 Å². The van der Waals surface area contributed by atoms with Crippen LogP contribution in [-0.4, -0.2) is 51.9 Å². The molecule has 3 aromatic rings. The second-order valence-corrected chi connectivity index (χ2v) is 7.92. The highest BCUT2D eigenvalue weighted by molar-refractivity contribution is 5.98. The largest absolute Gasteiger partial charge is 0.394 e. The van der Waals surface area contributed by atoms with Crippen molar-refractivity contribution in [1.29, 1.82) is 0 Å². The lowest BCUT2D eigenvalue weighted by Gasteiger charge is -2.19. The zero-order valence-electron chi connectivity index (χ0n) is 17.8. The number of nitrogens with zero attached hydrogens (tertiary/aromatic N) is 3. The van der Waals surface area contributed by atoms with Gasteiger partial charge in [-0.05, 0) is 54.3 Å². The number of benzene rings is 2. The molecule has 166 valence electrons. The van der Waals surface area contributed by atoms with Crippen LogP contribution in [0.4, 0.5) is 15.9 Å². The minimum absolute atomic E-state index is 0.266. The van der Waals surface area contributed by atoms with Crippen LogP contribution in [0.15, 0.2) is 48.8 Å². The lowest BCUT2D eigenvalue weighted by atomic mass is 10.0. The van der Waals surface area contributed by atoms with Crippen LogP contribution >= 0.6 is 0 Å². The first kappa shape index (κ1) is 21.9. The number of carbonyl (C=O) groups is 1. The average Bonchev–Trinajstić information content (AvgIpc) is 3.21. The van der Waals surface area contributed by atoms with Crippen molar-refractivity contribution in [2.75, 3.05) is 24.7 Å². The summed E-state index contributed by atoms with van der Waals surface area (Å²) in [5.41, 5.74) is 4.76. The van der Waals surface area contributed by atoms with Crippen LogP contribution in [0.5, 0.6) is 0 Å². The van der Waals surface area contributed by atoms with Crippen molar-refractivity contribution in [1.82, 2.24) is 15.3 Å². The van der Waals surface area contributed by atoms with Gasteiger partial charge in [-0.3, -0.25) is 4.79 Å². The highest BCUT2D eigenvalue weighted by Crippen LogP contribution is 2.35. The van der Waals surface area contributed by atoms with Crippen LogP contribution in [-0.2, 0) is 12.8 Å². The number of anilines is 2. The smallest absolute Gasteiger partial charge is 0.252 e. The van der Waals surface area contributed by atoms with Gasteiger partial charge in [-0.2, -0.15) is 0 Å². The van der Waals surface area contributed by atoms with Crippen LogP contribution in [0.2, 0.25) is 0 Å². The Labute approximate surface area is 185 Å². The summed E-state index contributed by atoms with van der Waals surface area (Å²) in [5, 5.41) is 21.1. The Balaban J connectivity index is 1.58. The van der Waals surface area contributed by atoms with E-state index in [9.17, 15) is 19.4 Å². The number of halogens is 1. The molecule has 32 heavy (non-hydrogen) atoms. The predicted octanol–water partition coefficient (Wildman–Crippen LogP) is 2.29. The molecule has 0 saturated heterocycles. The molecule has 7 nitrogen and oxygen atoms in total. The Hall–Kier alpha value is -3.36. The normalized spacial score (nSPS) is 12.8. The molecule has 0 radical (unpaired) electrons. The van der Waals surface area contributed by atoms with Crippen molar-refractivity contribution in [3.8, 4) is 0 Å². The summed E-state index contributed by atoms with van der Waals surface area (Å²) < 4.78 is 13.7. The molecule has 1 aliphatic rings. The van der Waals surface area contributed by atoms with Crippen molar-refractivity contribution in [2.24, 2.45) is 0 Å². The lowest BCUT2D eigenvalue weighted by molar-refractivity contribution is 0.0878. The van der Waals surface area contributed by atoms with E-state index in [0.29, 0.717) is 30.8 Å². The maximum Gasteiger partial charge on any atom is 0.252 e. The third-order valence-electron chi connectivity index (χ3n) is 5.52. The van der Waals surface area contributed by atoms with E-state index in [-0.39, 0.29) is 24.9 Å². The average molecular weight is 436 g/mol. The Morgan fingerprint density at radius 1 is 1.19 bits per heavy atom. The molecular formula is C24H25FN4O3. The van der Waals surface area contributed by atoms with Gasteiger partial charge in [-0.25, -0.2) is 14.4 Å². The number of hydrogen-bond acceptors (Lipinski definition) is 6. The third-order valence-corrected chi connectivity index (χ3v) is 5.52. The van der Waals surface area contributed by atoms with Crippen LogP contribution < -0.4 is 10.2 Å². The SMILES string of the molecule is Cc1cc(F)cc(Cc2cc(N3CCc4c(C(=O)NC(CO)CO)cccc43)ncn2)c1. The highest BCUT2D eigenvalue weighted by atomic mass is 19.1. The van der Waals surface area contributed by atoms with Crippen LogP contribution in [0.1, 0.15) is 32.7 Å². The first-order valence-corrected chi connectivity index (χ1v) is 10.5. The summed E-state index contributed by atoms with van der Waals surface area (Å²) in [7, 11) is 0. The van der Waals surface area contributed by atoms with Gasteiger partial charge in [-0.15, -0.1) is 0 Å². The van der Waals surface area contributed by atoms with Crippen LogP contribution in [0.25, 0.3) is 0 Å². The maximum atomic E-state index is 13.7. The molecule has 3 N–H and O–H groups in total. The second kappa shape index (κ2) is 9.42. The minimum atomic E-state index is -0.702. The van der Waals surface area contributed by atoms with E-state index in [1.54, 1.807) is 12.1 Å². The molecule has 0 atom stereocenters. The van der Waals surface area contributed by atoms with Crippen molar-refractivity contribution in [3.63, 3.8) is 0 Å². The molecule has 2 heterocycles. The number of hydrogen-bond donors (Lipinski definition) is 3. The molecule has 0 aliphatic carbocycles. The fraction of sp³-hybridized carbons (Fsp3) is 0.292. The summed E-state index contributed by atoms with van der Waals surface area (Å²) >= 11 is 0. The Bertz CT molecular complexity index is 1110. The van der Waals surface area contributed by atoms with E-state index >= 15 is 0 Å². The van der Waals surface area contributed by atoms with Gasteiger partial charge in [0.1, 0.15) is 18.0 Å². The summed E-state index contributed by atoms with van der Waals surface area (Å²) in [4.78, 5) is 23.5. The second-order valence-electron chi connectivity index (χ2n) is 7.92. The summed E-state index contributed by atoms with van der Waals surface area (Å²) in [6.07, 6.45) is 2.64. The van der Waals surface area contributed by atoms with Crippen LogP contribution in [0.3, 0.4) is 0 Å². The summed E-state index contributed by atoms with van der Waals surface area (Å²) in [5.74, 6) is 0.114. The number of aliphatic hydroxyl groups excluding tert-OH is 2. The van der Waals surface area contributed by atoms with Gasteiger partial charge in [0.15, 0.2) is 0 Å². The molecule has 0 unspecified atom stereocenters. The van der Waals surface area contributed by atoms with Crippen molar-refractivity contribution >= 4 is 17.4 Å². The fourth-order valence-corrected chi connectivity index (χ4v) is 4.05. The number of aromatic nitrogens is 2. The molecule has 8 heteroatoms. The fourth-order valence-electron chi connectivity index (χ4n) is 4.05.